The molecule has 0 saturated carbocycles. The van der Waals surface area contributed by atoms with Crippen LogP contribution in [-0.2, 0) is 11.3 Å². The fourth-order valence-electron chi connectivity index (χ4n) is 2.93. The molecule has 1 amide bonds. The molecule has 0 unspecified atom stereocenters. The maximum Gasteiger partial charge on any atom is 0.248 e. The summed E-state index contributed by atoms with van der Waals surface area (Å²) in [6.45, 7) is 6.38. The summed E-state index contributed by atoms with van der Waals surface area (Å²) < 4.78 is 8.61. The standard InChI is InChI=1S/C24H25N3O3S/c1-4-5-6-8-17(2)23(24(29)27(3)16-19-9-7-14-30-19)26-31-20-11-12-21-18(15-20)10-13-22(28)25-21/h4-15,23,26H,2,16H2,1,3H3,(H,25,28)/b5-4-,8-6-/t23-/m1/s1. The number of amides is 1. The van der Waals surface area contributed by atoms with Crippen molar-refractivity contribution in [3.63, 3.8) is 0 Å². The van der Waals surface area contributed by atoms with E-state index in [9.17, 15) is 9.59 Å². The molecule has 0 aliphatic carbocycles. The Morgan fingerprint density at radius 2 is 2.13 bits per heavy atom. The summed E-state index contributed by atoms with van der Waals surface area (Å²) in [4.78, 5) is 30.0. The number of nitrogens with one attached hydrogen (secondary N) is 2. The molecule has 0 bridgehead atoms. The highest BCUT2D eigenvalue weighted by molar-refractivity contribution is 7.97. The second-order valence-corrected chi connectivity index (χ2v) is 7.87. The number of carbonyl (C=O) groups excluding carboxylic acids is 1. The van der Waals surface area contributed by atoms with Crippen molar-refractivity contribution in [2.24, 2.45) is 0 Å². The van der Waals surface area contributed by atoms with Gasteiger partial charge < -0.3 is 14.3 Å². The van der Waals surface area contributed by atoms with E-state index in [4.69, 9.17) is 4.42 Å². The first-order valence-corrected chi connectivity index (χ1v) is 10.6. The number of fused-ring (bicyclic) bond motifs is 1. The molecular weight excluding hydrogens is 410 g/mol. The van der Waals surface area contributed by atoms with E-state index in [0.717, 1.165) is 15.8 Å². The van der Waals surface area contributed by atoms with Crippen LogP contribution in [0.15, 0.2) is 99.3 Å². The first kappa shape index (κ1) is 22.4. The van der Waals surface area contributed by atoms with Crippen LogP contribution < -0.4 is 10.3 Å². The number of pyridine rings is 1. The molecule has 7 heteroatoms. The average molecular weight is 436 g/mol. The van der Waals surface area contributed by atoms with Gasteiger partial charge in [0.2, 0.25) is 11.5 Å². The van der Waals surface area contributed by atoms with E-state index in [1.807, 2.05) is 55.5 Å². The van der Waals surface area contributed by atoms with Crippen LogP contribution in [0.1, 0.15) is 12.7 Å². The normalized spacial score (nSPS) is 12.6. The Morgan fingerprint density at radius 1 is 1.29 bits per heavy atom. The van der Waals surface area contributed by atoms with Crippen LogP contribution >= 0.6 is 11.9 Å². The summed E-state index contributed by atoms with van der Waals surface area (Å²) in [5.74, 6) is 0.588. The predicted molar refractivity (Wildman–Crippen MR) is 126 cm³/mol. The van der Waals surface area contributed by atoms with Gasteiger partial charge in [0, 0.05) is 23.5 Å². The number of benzene rings is 1. The van der Waals surface area contributed by atoms with Gasteiger partial charge in [0.25, 0.3) is 0 Å². The van der Waals surface area contributed by atoms with E-state index in [-0.39, 0.29) is 11.5 Å². The largest absolute Gasteiger partial charge is 0.467 e. The van der Waals surface area contributed by atoms with E-state index in [2.05, 4.69) is 16.3 Å². The number of aromatic amines is 1. The molecule has 1 atom stereocenters. The van der Waals surface area contributed by atoms with Crippen LogP contribution in [0.2, 0.25) is 0 Å². The number of furan rings is 1. The first-order valence-electron chi connectivity index (χ1n) is 9.79. The summed E-state index contributed by atoms with van der Waals surface area (Å²) in [5, 5.41) is 0.913. The highest BCUT2D eigenvalue weighted by atomic mass is 32.2. The van der Waals surface area contributed by atoms with Crippen molar-refractivity contribution in [3.05, 3.63) is 101 Å². The minimum absolute atomic E-state index is 0.121. The van der Waals surface area contributed by atoms with Crippen LogP contribution in [-0.4, -0.2) is 28.9 Å². The van der Waals surface area contributed by atoms with Gasteiger partial charge in [-0.1, -0.05) is 30.9 Å². The zero-order chi connectivity index (χ0) is 22.2. The molecule has 3 aromatic rings. The Labute approximate surface area is 185 Å². The molecule has 0 aliphatic heterocycles. The quantitative estimate of drug-likeness (QED) is 0.384. The molecule has 0 spiro atoms. The van der Waals surface area contributed by atoms with Gasteiger partial charge in [-0.2, -0.15) is 0 Å². The Bertz CT molecular complexity index is 1160. The van der Waals surface area contributed by atoms with Crippen LogP contribution in [0.4, 0.5) is 0 Å². The molecule has 2 heterocycles. The van der Waals surface area contributed by atoms with Gasteiger partial charge in [-0.15, -0.1) is 0 Å². The Morgan fingerprint density at radius 3 is 2.87 bits per heavy atom. The monoisotopic (exact) mass is 435 g/mol. The number of likely N-dealkylation sites (N-methyl/N-ethyl adjacent to an activating group) is 1. The van der Waals surface area contributed by atoms with Gasteiger partial charge >= 0.3 is 0 Å². The molecule has 2 aromatic heterocycles. The number of rotatable bonds is 9. The van der Waals surface area contributed by atoms with Crippen molar-refractivity contribution in [2.45, 2.75) is 24.4 Å². The van der Waals surface area contributed by atoms with Gasteiger partial charge in [0.15, 0.2) is 0 Å². The molecule has 160 valence electrons. The molecule has 6 nitrogen and oxygen atoms in total. The highest BCUT2D eigenvalue weighted by Gasteiger charge is 2.24. The van der Waals surface area contributed by atoms with Crippen molar-refractivity contribution < 1.29 is 9.21 Å². The second-order valence-electron chi connectivity index (χ2n) is 6.96. The lowest BCUT2D eigenvalue weighted by Crippen LogP contribution is -2.43. The number of carbonyl (C=O) groups is 1. The van der Waals surface area contributed by atoms with Crippen molar-refractivity contribution in [1.82, 2.24) is 14.6 Å². The third-order valence-electron chi connectivity index (χ3n) is 4.57. The van der Waals surface area contributed by atoms with Gasteiger partial charge in [0.05, 0.1) is 12.8 Å². The maximum atomic E-state index is 13.2. The Balaban J connectivity index is 1.76. The van der Waals surface area contributed by atoms with Gasteiger partial charge in [-0.05, 0) is 66.2 Å². The first-order chi connectivity index (χ1) is 15.0. The van der Waals surface area contributed by atoms with E-state index in [0.29, 0.717) is 17.9 Å². The molecule has 0 aliphatic rings. The number of allylic oxidation sites excluding steroid dienone is 3. The van der Waals surface area contributed by atoms with Crippen molar-refractivity contribution in [1.29, 1.82) is 0 Å². The van der Waals surface area contributed by atoms with Crippen molar-refractivity contribution in [2.75, 3.05) is 7.05 Å². The number of aromatic nitrogens is 1. The van der Waals surface area contributed by atoms with Crippen LogP contribution in [0, 0.1) is 0 Å². The van der Waals surface area contributed by atoms with Gasteiger partial charge in [-0.25, -0.2) is 4.72 Å². The smallest absolute Gasteiger partial charge is 0.248 e. The Kier molecular flexibility index (Phi) is 7.70. The fraction of sp³-hybridized carbons (Fsp3) is 0.167. The lowest BCUT2D eigenvalue weighted by Gasteiger charge is -2.24. The van der Waals surface area contributed by atoms with Gasteiger partial charge in [-0.3, -0.25) is 9.59 Å². The van der Waals surface area contributed by atoms with E-state index >= 15 is 0 Å². The summed E-state index contributed by atoms with van der Waals surface area (Å²) in [5.41, 5.74) is 1.27. The topological polar surface area (TPSA) is 78.3 Å². The highest BCUT2D eigenvalue weighted by Crippen LogP contribution is 2.22. The summed E-state index contributed by atoms with van der Waals surface area (Å²) >= 11 is 1.34. The minimum atomic E-state index is -0.627. The molecule has 3 rings (SSSR count). The SMILES string of the molecule is C=C(/C=C\C=C/C)[C@@H](NSc1ccc2[nH]c(=O)ccc2c1)C(=O)N(C)Cc1ccco1. The molecule has 1 aromatic carbocycles. The van der Waals surface area contributed by atoms with E-state index < -0.39 is 6.04 Å². The molecular formula is C24H25N3O3S. The van der Waals surface area contributed by atoms with Crippen LogP contribution in [0.5, 0.6) is 0 Å². The summed E-state index contributed by atoms with van der Waals surface area (Å²) in [6, 6.07) is 12.0. The third kappa shape index (κ3) is 6.10. The molecule has 0 radical (unpaired) electrons. The molecule has 0 fully saturated rings. The summed E-state index contributed by atoms with van der Waals surface area (Å²) in [7, 11) is 1.74. The molecule has 2 N–H and O–H groups in total. The van der Waals surface area contributed by atoms with E-state index in [1.54, 1.807) is 30.3 Å². The van der Waals surface area contributed by atoms with Crippen LogP contribution in [0.3, 0.4) is 0 Å². The fourth-order valence-corrected chi connectivity index (χ4v) is 3.76. The average Bonchev–Trinajstić information content (AvgIpc) is 3.27. The van der Waals surface area contributed by atoms with Gasteiger partial charge in [0.1, 0.15) is 11.8 Å². The lowest BCUT2D eigenvalue weighted by atomic mass is 10.1. The number of nitrogens with zero attached hydrogens (tertiary/aromatic N) is 1. The molecule has 31 heavy (non-hydrogen) atoms. The maximum absolute atomic E-state index is 13.2. The van der Waals surface area contributed by atoms with E-state index in [1.165, 1.54) is 18.0 Å². The zero-order valence-electron chi connectivity index (χ0n) is 17.5. The second kappa shape index (κ2) is 10.7. The van der Waals surface area contributed by atoms with Crippen molar-refractivity contribution in [3.8, 4) is 0 Å². The molecule has 0 saturated heterocycles. The minimum Gasteiger partial charge on any atom is -0.467 e. The number of hydrogen-bond acceptors (Lipinski definition) is 5. The summed E-state index contributed by atoms with van der Waals surface area (Å²) in [6.07, 6.45) is 9.06. The van der Waals surface area contributed by atoms with Crippen LogP contribution in [0.25, 0.3) is 10.9 Å². The van der Waals surface area contributed by atoms with Crippen molar-refractivity contribution >= 4 is 28.8 Å². The number of hydrogen-bond donors (Lipinski definition) is 2. The Hall–Kier alpha value is -3.29. The number of H-pyrrole nitrogens is 1. The predicted octanol–water partition coefficient (Wildman–Crippen LogP) is 4.43. The zero-order valence-corrected chi connectivity index (χ0v) is 18.3. The lowest BCUT2D eigenvalue weighted by molar-refractivity contribution is -0.131. The third-order valence-corrected chi connectivity index (χ3v) is 5.41.